The Bertz CT molecular complexity index is 466. The Labute approximate surface area is 100 Å². The first-order valence-electron chi connectivity index (χ1n) is 5.81. The molecule has 0 aliphatic heterocycles. The minimum absolute atomic E-state index is 0.104. The second kappa shape index (κ2) is 4.67. The number of nitrogens with one attached hydrogen (secondary N) is 1. The van der Waals surface area contributed by atoms with Crippen molar-refractivity contribution in [2.45, 2.75) is 32.2 Å². The van der Waals surface area contributed by atoms with Crippen LogP contribution in [0.15, 0.2) is 18.2 Å². The molecule has 1 aliphatic rings. The van der Waals surface area contributed by atoms with Crippen molar-refractivity contribution in [3.8, 4) is 0 Å². The molecule has 1 amide bonds. The number of amides is 1. The number of nitrogens with two attached hydrogens (primary N) is 1. The molecule has 0 spiro atoms. The van der Waals surface area contributed by atoms with E-state index in [4.69, 9.17) is 5.73 Å². The summed E-state index contributed by atoms with van der Waals surface area (Å²) in [7, 11) is 0. The third-order valence-corrected chi connectivity index (χ3v) is 2.95. The Morgan fingerprint density at radius 2 is 2.18 bits per heavy atom. The standard InChI is InChI=1S/C13H16N2O2/c1-8(14)13(17)15-10-6-2-4-9-5-3-7-11(16)12(9)10/h2,4,6,8H,3,5,7,14H2,1H3,(H,15,17). The molecule has 17 heavy (non-hydrogen) atoms. The van der Waals surface area contributed by atoms with Gasteiger partial charge in [-0.3, -0.25) is 9.59 Å². The highest BCUT2D eigenvalue weighted by atomic mass is 16.2. The van der Waals surface area contributed by atoms with Crippen LogP contribution in [0.5, 0.6) is 0 Å². The van der Waals surface area contributed by atoms with Crippen LogP contribution in [0.4, 0.5) is 5.69 Å². The molecule has 0 aromatic heterocycles. The molecule has 4 heteroatoms. The maximum absolute atomic E-state index is 11.9. The van der Waals surface area contributed by atoms with E-state index in [1.807, 2.05) is 12.1 Å². The van der Waals surface area contributed by atoms with Crippen molar-refractivity contribution >= 4 is 17.4 Å². The van der Waals surface area contributed by atoms with Crippen LogP contribution in [-0.2, 0) is 11.2 Å². The fourth-order valence-electron chi connectivity index (χ4n) is 2.05. The predicted molar refractivity (Wildman–Crippen MR) is 66.0 cm³/mol. The molecule has 90 valence electrons. The highest BCUT2D eigenvalue weighted by Crippen LogP contribution is 2.27. The molecule has 2 rings (SSSR count). The second-order valence-corrected chi connectivity index (χ2v) is 4.39. The number of fused-ring (bicyclic) bond motifs is 1. The van der Waals surface area contributed by atoms with Crippen LogP contribution in [0.2, 0.25) is 0 Å². The van der Waals surface area contributed by atoms with Gasteiger partial charge in [-0.05, 0) is 31.4 Å². The summed E-state index contributed by atoms with van der Waals surface area (Å²) in [5.41, 5.74) is 7.77. The first-order chi connectivity index (χ1) is 8.09. The maximum atomic E-state index is 11.9. The number of hydrogen-bond acceptors (Lipinski definition) is 3. The average Bonchev–Trinajstić information content (AvgIpc) is 2.29. The van der Waals surface area contributed by atoms with E-state index in [-0.39, 0.29) is 11.7 Å². The van der Waals surface area contributed by atoms with E-state index in [2.05, 4.69) is 5.32 Å². The smallest absolute Gasteiger partial charge is 0.241 e. The topological polar surface area (TPSA) is 72.2 Å². The van der Waals surface area contributed by atoms with Gasteiger partial charge in [0.25, 0.3) is 0 Å². The number of carbonyl (C=O) groups is 2. The van der Waals surface area contributed by atoms with Gasteiger partial charge in [-0.15, -0.1) is 0 Å². The summed E-state index contributed by atoms with van der Waals surface area (Å²) in [6.45, 7) is 1.62. The highest BCUT2D eigenvalue weighted by molar-refractivity contribution is 6.07. The van der Waals surface area contributed by atoms with E-state index in [0.717, 1.165) is 18.4 Å². The molecule has 0 saturated heterocycles. The lowest BCUT2D eigenvalue weighted by molar-refractivity contribution is -0.117. The molecule has 0 heterocycles. The minimum Gasteiger partial charge on any atom is -0.324 e. The van der Waals surface area contributed by atoms with Crippen LogP contribution < -0.4 is 11.1 Å². The summed E-state index contributed by atoms with van der Waals surface area (Å²) in [6, 6.07) is 4.97. The molecular weight excluding hydrogens is 216 g/mol. The average molecular weight is 232 g/mol. The molecule has 4 nitrogen and oxygen atoms in total. The SMILES string of the molecule is CC(N)C(=O)Nc1cccc2c1C(=O)CCC2. The van der Waals surface area contributed by atoms with Crippen molar-refractivity contribution in [2.24, 2.45) is 5.73 Å². The van der Waals surface area contributed by atoms with Gasteiger partial charge in [0.15, 0.2) is 5.78 Å². The molecular formula is C13H16N2O2. The van der Waals surface area contributed by atoms with E-state index in [9.17, 15) is 9.59 Å². The van der Waals surface area contributed by atoms with Crippen molar-refractivity contribution in [3.63, 3.8) is 0 Å². The van der Waals surface area contributed by atoms with Gasteiger partial charge in [-0.1, -0.05) is 12.1 Å². The van der Waals surface area contributed by atoms with Gasteiger partial charge in [-0.25, -0.2) is 0 Å². The molecule has 1 aromatic rings. The molecule has 0 radical (unpaired) electrons. The van der Waals surface area contributed by atoms with Gasteiger partial charge in [0.2, 0.25) is 5.91 Å². The zero-order valence-corrected chi connectivity index (χ0v) is 9.82. The Morgan fingerprint density at radius 1 is 1.41 bits per heavy atom. The predicted octanol–water partition coefficient (Wildman–Crippen LogP) is 1.49. The van der Waals surface area contributed by atoms with E-state index in [1.165, 1.54) is 0 Å². The molecule has 0 fully saturated rings. The van der Waals surface area contributed by atoms with Gasteiger partial charge < -0.3 is 11.1 Å². The van der Waals surface area contributed by atoms with Crippen LogP contribution in [0.25, 0.3) is 0 Å². The summed E-state index contributed by atoms with van der Waals surface area (Å²) in [5.74, 6) is -0.163. The van der Waals surface area contributed by atoms with Crippen LogP contribution in [0, 0.1) is 0 Å². The van der Waals surface area contributed by atoms with E-state index >= 15 is 0 Å². The fraction of sp³-hybridized carbons (Fsp3) is 0.385. The lowest BCUT2D eigenvalue weighted by Gasteiger charge is -2.19. The largest absolute Gasteiger partial charge is 0.324 e. The van der Waals surface area contributed by atoms with E-state index in [1.54, 1.807) is 13.0 Å². The Kier molecular flexibility index (Phi) is 3.24. The maximum Gasteiger partial charge on any atom is 0.241 e. The first kappa shape index (κ1) is 11.8. The Morgan fingerprint density at radius 3 is 2.88 bits per heavy atom. The summed E-state index contributed by atoms with van der Waals surface area (Å²) >= 11 is 0. The molecule has 3 N–H and O–H groups in total. The van der Waals surface area contributed by atoms with Gasteiger partial charge in [0.05, 0.1) is 11.7 Å². The van der Waals surface area contributed by atoms with Gasteiger partial charge in [-0.2, -0.15) is 0 Å². The second-order valence-electron chi connectivity index (χ2n) is 4.39. The zero-order valence-electron chi connectivity index (χ0n) is 9.82. The molecule has 0 bridgehead atoms. The molecule has 0 saturated carbocycles. The first-order valence-corrected chi connectivity index (χ1v) is 5.81. The summed E-state index contributed by atoms with van der Waals surface area (Å²) in [6.07, 6.45) is 2.33. The van der Waals surface area contributed by atoms with Crippen LogP contribution in [-0.4, -0.2) is 17.7 Å². The molecule has 1 unspecified atom stereocenters. The Balaban J connectivity index is 2.35. The summed E-state index contributed by atoms with van der Waals surface area (Å²) in [5, 5.41) is 2.72. The number of hydrogen-bond donors (Lipinski definition) is 2. The lowest BCUT2D eigenvalue weighted by Crippen LogP contribution is -2.33. The van der Waals surface area contributed by atoms with Crippen molar-refractivity contribution < 1.29 is 9.59 Å². The number of benzene rings is 1. The normalized spacial score (nSPS) is 16.2. The lowest BCUT2D eigenvalue weighted by atomic mass is 9.89. The van der Waals surface area contributed by atoms with E-state index in [0.29, 0.717) is 17.7 Å². The number of ketones is 1. The number of aryl methyl sites for hydroxylation is 1. The van der Waals surface area contributed by atoms with Gasteiger partial charge in [0, 0.05) is 12.0 Å². The van der Waals surface area contributed by atoms with Crippen molar-refractivity contribution in [1.82, 2.24) is 0 Å². The molecule has 1 aliphatic carbocycles. The van der Waals surface area contributed by atoms with Crippen LogP contribution in [0.3, 0.4) is 0 Å². The zero-order chi connectivity index (χ0) is 12.4. The number of anilines is 1. The quantitative estimate of drug-likeness (QED) is 0.811. The summed E-state index contributed by atoms with van der Waals surface area (Å²) in [4.78, 5) is 23.4. The third kappa shape index (κ3) is 2.36. The monoisotopic (exact) mass is 232 g/mol. The number of Topliss-reactive ketones (excluding diaryl/α,β-unsaturated/α-hetero) is 1. The van der Waals surface area contributed by atoms with Crippen LogP contribution in [0.1, 0.15) is 35.7 Å². The Hall–Kier alpha value is -1.68. The van der Waals surface area contributed by atoms with Crippen LogP contribution >= 0.6 is 0 Å². The molecule has 1 aromatic carbocycles. The number of carbonyl (C=O) groups excluding carboxylic acids is 2. The molecule has 1 atom stereocenters. The third-order valence-electron chi connectivity index (χ3n) is 2.95. The minimum atomic E-state index is -0.579. The van der Waals surface area contributed by atoms with Crippen molar-refractivity contribution in [3.05, 3.63) is 29.3 Å². The summed E-state index contributed by atoms with van der Waals surface area (Å²) < 4.78 is 0. The van der Waals surface area contributed by atoms with Crippen molar-refractivity contribution in [2.75, 3.05) is 5.32 Å². The van der Waals surface area contributed by atoms with Gasteiger partial charge >= 0.3 is 0 Å². The fourth-order valence-corrected chi connectivity index (χ4v) is 2.05. The highest BCUT2D eigenvalue weighted by Gasteiger charge is 2.21. The number of rotatable bonds is 2. The van der Waals surface area contributed by atoms with E-state index < -0.39 is 6.04 Å². The van der Waals surface area contributed by atoms with Gasteiger partial charge in [0.1, 0.15) is 0 Å². The van der Waals surface area contributed by atoms with Crippen molar-refractivity contribution in [1.29, 1.82) is 0 Å².